The fraction of sp³-hybridized carbons (Fsp3) is 0.500. The zero-order valence-corrected chi connectivity index (χ0v) is 11.5. The summed E-state index contributed by atoms with van der Waals surface area (Å²) >= 11 is 0. The molecule has 1 rings (SSSR count). The first kappa shape index (κ1) is 15.1. The molecule has 0 saturated carbocycles. The molecule has 0 spiro atoms. The SMILES string of the molecule is CCOC(=O)CN(CC)C(=O)CCc1ccccn1. The van der Waals surface area contributed by atoms with Gasteiger partial charge in [-0.3, -0.25) is 14.6 Å². The Morgan fingerprint density at radius 2 is 2.11 bits per heavy atom. The summed E-state index contributed by atoms with van der Waals surface area (Å²) in [6.07, 6.45) is 2.64. The third-order valence-electron chi connectivity index (χ3n) is 2.68. The molecule has 0 aliphatic rings. The molecule has 5 nitrogen and oxygen atoms in total. The molecular weight excluding hydrogens is 244 g/mol. The summed E-state index contributed by atoms with van der Waals surface area (Å²) in [6.45, 7) is 4.44. The van der Waals surface area contributed by atoms with Crippen LogP contribution in [-0.2, 0) is 20.7 Å². The molecule has 1 amide bonds. The van der Waals surface area contributed by atoms with Gasteiger partial charge in [-0.15, -0.1) is 0 Å². The molecule has 104 valence electrons. The third kappa shape index (κ3) is 5.50. The lowest BCUT2D eigenvalue weighted by atomic mass is 10.2. The van der Waals surface area contributed by atoms with E-state index in [4.69, 9.17) is 4.74 Å². The van der Waals surface area contributed by atoms with Gasteiger partial charge >= 0.3 is 5.97 Å². The van der Waals surface area contributed by atoms with Gasteiger partial charge < -0.3 is 9.64 Å². The van der Waals surface area contributed by atoms with Crippen LogP contribution < -0.4 is 0 Å². The second-order valence-corrected chi connectivity index (χ2v) is 4.03. The number of hydrogen-bond acceptors (Lipinski definition) is 4. The van der Waals surface area contributed by atoms with Gasteiger partial charge in [-0.05, 0) is 32.4 Å². The maximum absolute atomic E-state index is 12.0. The number of aromatic nitrogens is 1. The molecule has 0 aliphatic heterocycles. The number of esters is 1. The first-order valence-corrected chi connectivity index (χ1v) is 6.50. The number of pyridine rings is 1. The summed E-state index contributed by atoms with van der Waals surface area (Å²) in [6, 6.07) is 5.61. The smallest absolute Gasteiger partial charge is 0.325 e. The van der Waals surface area contributed by atoms with Crippen molar-refractivity contribution in [3.8, 4) is 0 Å². The van der Waals surface area contributed by atoms with Crippen molar-refractivity contribution in [3.05, 3.63) is 30.1 Å². The Hall–Kier alpha value is -1.91. The van der Waals surface area contributed by atoms with Crippen molar-refractivity contribution < 1.29 is 14.3 Å². The summed E-state index contributed by atoms with van der Waals surface area (Å²) < 4.78 is 4.84. The molecule has 1 aromatic heterocycles. The van der Waals surface area contributed by atoms with Gasteiger partial charge in [0.05, 0.1) is 6.61 Å². The molecule has 19 heavy (non-hydrogen) atoms. The fourth-order valence-electron chi connectivity index (χ4n) is 1.68. The molecule has 0 N–H and O–H groups in total. The Bertz CT molecular complexity index is 406. The number of carbonyl (C=O) groups excluding carboxylic acids is 2. The second kappa shape index (κ2) is 8.24. The zero-order chi connectivity index (χ0) is 14.1. The lowest BCUT2D eigenvalue weighted by molar-refractivity contribution is -0.148. The van der Waals surface area contributed by atoms with Crippen molar-refractivity contribution in [1.82, 2.24) is 9.88 Å². The van der Waals surface area contributed by atoms with Crippen molar-refractivity contribution in [1.29, 1.82) is 0 Å². The Balaban J connectivity index is 2.43. The van der Waals surface area contributed by atoms with Crippen molar-refractivity contribution >= 4 is 11.9 Å². The van der Waals surface area contributed by atoms with Gasteiger partial charge in [0, 0.05) is 24.9 Å². The van der Waals surface area contributed by atoms with Crippen LogP contribution in [0.3, 0.4) is 0 Å². The van der Waals surface area contributed by atoms with E-state index in [1.54, 1.807) is 13.1 Å². The maximum atomic E-state index is 12.0. The molecule has 0 bridgehead atoms. The van der Waals surface area contributed by atoms with Gasteiger partial charge in [-0.1, -0.05) is 6.07 Å². The molecule has 0 aromatic carbocycles. The van der Waals surface area contributed by atoms with Gasteiger partial charge in [0.25, 0.3) is 0 Å². The molecular formula is C14H20N2O3. The van der Waals surface area contributed by atoms with E-state index in [-0.39, 0.29) is 18.4 Å². The van der Waals surface area contributed by atoms with Crippen LogP contribution in [0.5, 0.6) is 0 Å². The van der Waals surface area contributed by atoms with E-state index in [9.17, 15) is 9.59 Å². The Labute approximate surface area is 113 Å². The first-order valence-electron chi connectivity index (χ1n) is 6.50. The van der Waals surface area contributed by atoms with E-state index in [1.165, 1.54) is 4.90 Å². The van der Waals surface area contributed by atoms with Crippen LogP contribution in [0.1, 0.15) is 26.0 Å². The zero-order valence-electron chi connectivity index (χ0n) is 11.5. The van der Waals surface area contributed by atoms with Crippen LogP contribution >= 0.6 is 0 Å². The quantitative estimate of drug-likeness (QED) is 0.699. The Morgan fingerprint density at radius 3 is 2.68 bits per heavy atom. The van der Waals surface area contributed by atoms with E-state index in [0.29, 0.717) is 26.0 Å². The molecule has 0 radical (unpaired) electrons. The number of likely N-dealkylation sites (N-methyl/N-ethyl adjacent to an activating group) is 1. The average Bonchev–Trinajstić information content (AvgIpc) is 2.43. The highest BCUT2D eigenvalue weighted by Crippen LogP contribution is 2.02. The van der Waals surface area contributed by atoms with Gasteiger partial charge in [0.1, 0.15) is 6.54 Å². The highest BCUT2D eigenvalue weighted by atomic mass is 16.5. The molecule has 0 atom stereocenters. The van der Waals surface area contributed by atoms with Gasteiger partial charge in [0.2, 0.25) is 5.91 Å². The molecule has 0 unspecified atom stereocenters. The van der Waals surface area contributed by atoms with E-state index >= 15 is 0 Å². The Morgan fingerprint density at radius 1 is 1.32 bits per heavy atom. The Kier molecular flexibility index (Phi) is 6.57. The van der Waals surface area contributed by atoms with Crippen LogP contribution in [-0.4, -0.2) is 41.5 Å². The van der Waals surface area contributed by atoms with Crippen LogP contribution in [0.25, 0.3) is 0 Å². The summed E-state index contributed by atoms with van der Waals surface area (Å²) in [5.74, 6) is -0.420. The normalized spacial score (nSPS) is 10.0. The second-order valence-electron chi connectivity index (χ2n) is 4.03. The largest absolute Gasteiger partial charge is 0.465 e. The predicted octanol–water partition coefficient (Wildman–Crippen LogP) is 1.43. The molecule has 0 aliphatic carbocycles. The highest BCUT2D eigenvalue weighted by Gasteiger charge is 2.16. The summed E-state index contributed by atoms with van der Waals surface area (Å²) in [4.78, 5) is 29.0. The van der Waals surface area contributed by atoms with Crippen molar-refractivity contribution in [3.63, 3.8) is 0 Å². The molecule has 1 heterocycles. The molecule has 0 saturated heterocycles. The highest BCUT2D eigenvalue weighted by molar-refractivity contribution is 5.82. The van der Waals surface area contributed by atoms with E-state index < -0.39 is 0 Å². The summed E-state index contributed by atoms with van der Waals surface area (Å²) in [5, 5.41) is 0. The number of amides is 1. The van der Waals surface area contributed by atoms with Crippen molar-refractivity contribution in [2.24, 2.45) is 0 Å². The summed E-state index contributed by atoms with van der Waals surface area (Å²) in [7, 11) is 0. The van der Waals surface area contributed by atoms with Crippen LogP contribution in [0.2, 0.25) is 0 Å². The summed E-state index contributed by atoms with van der Waals surface area (Å²) in [5.41, 5.74) is 0.878. The van der Waals surface area contributed by atoms with Gasteiger partial charge in [-0.25, -0.2) is 0 Å². The number of ether oxygens (including phenoxy) is 1. The monoisotopic (exact) mass is 264 g/mol. The predicted molar refractivity (Wildman–Crippen MR) is 71.4 cm³/mol. The van der Waals surface area contributed by atoms with Crippen molar-refractivity contribution in [2.45, 2.75) is 26.7 Å². The van der Waals surface area contributed by atoms with Crippen molar-refractivity contribution in [2.75, 3.05) is 19.7 Å². The average molecular weight is 264 g/mol. The minimum atomic E-state index is -0.365. The minimum Gasteiger partial charge on any atom is -0.465 e. The van der Waals surface area contributed by atoms with Crippen LogP contribution in [0.15, 0.2) is 24.4 Å². The topological polar surface area (TPSA) is 59.5 Å². The number of carbonyl (C=O) groups is 2. The third-order valence-corrected chi connectivity index (χ3v) is 2.68. The standard InChI is InChI=1S/C14H20N2O3/c1-3-16(11-14(18)19-4-2)13(17)9-8-12-7-5-6-10-15-12/h5-7,10H,3-4,8-9,11H2,1-2H3. The van der Waals surface area contributed by atoms with Gasteiger partial charge in [-0.2, -0.15) is 0 Å². The lowest BCUT2D eigenvalue weighted by Crippen LogP contribution is -2.36. The van der Waals surface area contributed by atoms with E-state index in [0.717, 1.165) is 5.69 Å². The molecule has 0 fully saturated rings. The minimum absolute atomic E-state index is 0.0192. The number of aryl methyl sites for hydroxylation is 1. The number of rotatable bonds is 7. The van der Waals surface area contributed by atoms with Gasteiger partial charge in [0.15, 0.2) is 0 Å². The van der Waals surface area contributed by atoms with E-state index in [1.807, 2.05) is 25.1 Å². The molecule has 5 heteroatoms. The van der Waals surface area contributed by atoms with E-state index in [2.05, 4.69) is 4.98 Å². The number of hydrogen-bond donors (Lipinski definition) is 0. The molecule has 1 aromatic rings. The number of nitrogens with zero attached hydrogens (tertiary/aromatic N) is 2. The lowest BCUT2D eigenvalue weighted by Gasteiger charge is -2.19. The van der Waals surface area contributed by atoms with Crippen LogP contribution in [0.4, 0.5) is 0 Å². The first-order chi connectivity index (χ1) is 9.17. The maximum Gasteiger partial charge on any atom is 0.325 e. The fourth-order valence-corrected chi connectivity index (χ4v) is 1.68. The van der Waals surface area contributed by atoms with Crippen LogP contribution in [0, 0.1) is 0 Å².